The molecule has 0 spiro atoms. The van der Waals surface area contributed by atoms with E-state index in [-0.39, 0.29) is 54.8 Å². The summed E-state index contributed by atoms with van der Waals surface area (Å²) in [5, 5.41) is 3.08. The first-order valence-electron chi connectivity index (χ1n) is 15.7. The lowest BCUT2D eigenvalue weighted by molar-refractivity contribution is -0.130. The first-order chi connectivity index (χ1) is 24.1. The Labute approximate surface area is 282 Å². The number of methoxy groups -OCH3 is 1. The topological polar surface area (TPSA) is 104 Å². The number of amides is 1. The quantitative estimate of drug-likeness (QED) is 0.126. The number of alkyl halides is 2. The zero-order valence-corrected chi connectivity index (χ0v) is 26.7. The summed E-state index contributed by atoms with van der Waals surface area (Å²) in [6.45, 7) is 0.541. The Morgan fingerprint density at radius 2 is 1.80 bits per heavy atom. The number of hydrogen-bond donors (Lipinski definition) is 1. The molecule has 1 N–H and O–H groups in total. The van der Waals surface area contributed by atoms with Crippen molar-refractivity contribution in [2.24, 2.45) is 0 Å². The molecule has 0 aliphatic carbocycles. The number of likely N-dealkylation sites (tertiary alicyclic amines) is 1. The maximum Gasteiger partial charge on any atom is 0.272 e. The van der Waals surface area contributed by atoms with E-state index in [9.17, 15) is 22.8 Å². The molecule has 1 amide bonds. The van der Waals surface area contributed by atoms with Gasteiger partial charge in [0.05, 0.1) is 38.9 Å². The number of hydrogen-bond acceptors (Lipinski definition) is 8. The molecule has 1 fully saturated rings. The lowest BCUT2D eigenvalue weighted by atomic mass is 10.1. The monoisotopic (exact) mass is 690 g/mol. The Morgan fingerprint density at radius 3 is 2.54 bits per heavy atom. The van der Waals surface area contributed by atoms with E-state index in [1.807, 2.05) is 0 Å². The highest BCUT2D eigenvalue weighted by Gasteiger charge is 2.43. The number of nitrogens with one attached hydrogen (secondary N) is 1. The van der Waals surface area contributed by atoms with Crippen LogP contribution in [0.25, 0.3) is 16.6 Å². The number of nitrogens with zero attached hydrogens (tertiary/aromatic N) is 3. The standard InChI is InChI=1S/C36H30F4N4O6/c1-47-30-16-25-27(17-31(30)48-13-2-12-43-19-36(39,40)20-43)41-11-9-28(25)50-29-8-5-23(15-26(29)38)42-34(45)32-33-21(10-14-49-33)18-44(35(32)46)24-6-3-22(37)4-7-24/h3-9,11,15-18H,2,10,12-14,19-20H2,1H3,(H,42,45). The van der Waals surface area contributed by atoms with Crippen LogP contribution in [-0.2, 0) is 6.42 Å². The maximum atomic E-state index is 15.4. The molecule has 0 bridgehead atoms. The summed E-state index contributed by atoms with van der Waals surface area (Å²) < 4.78 is 79.3. The van der Waals surface area contributed by atoms with Gasteiger partial charge in [-0.1, -0.05) is 0 Å². The number of rotatable bonds is 11. The lowest BCUT2D eigenvalue weighted by Crippen LogP contribution is -2.56. The largest absolute Gasteiger partial charge is 0.493 e. The number of fused-ring (bicyclic) bond motifs is 2. The fourth-order valence-corrected chi connectivity index (χ4v) is 5.95. The highest BCUT2D eigenvalue weighted by Crippen LogP contribution is 2.38. The van der Waals surface area contributed by atoms with Gasteiger partial charge in [0.2, 0.25) is 0 Å². The molecule has 5 aromatic rings. The molecule has 7 rings (SSSR count). The average molecular weight is 691 g/mol. The van der Waals surface area contributed by atoms with Crippen molar-refractivity contribution < 1.29 is 41.3 Å². The van der Waals surface area contributed by atoms with Gasteiger partial charge in [-0.3, -0.25) is 24.0 Å². The van der Waals surface area contributed by atoms with Crippen LogP contribution in [0, 0.1) is 11.6 Å². The van der Waals surface area contributed by atoms with Crippen molar-refractivity contribution in [3.63, 3.8) is 0 Å². The van der Waals surface area contributed by atoms with Gasteiger partial charge in [-0.05, 0) is 55.0 Å². The number of carbonyl (C=O) groups excluding carboxylic acids is 1. The third-order valence-electron chi connectivity index (χ3n) is 8.37. The van der Waals surface area contributed by atoms with Gasteiger partial charge >= 0.3 is 0 Å². The van der Waals surface area contributed by atoms with Crippen molar-refractivity contribution in [2.45, 2.75) is 18.8 Å². The number of carbonyl (C=O) groups is 1. The van der Waals surface area contributed by atoms with Crippen molar-refractivity contribution in [1.82, 2.24) is 14.5 Å². The molecule has 4 heterocycles. The van der Waals surface area contributed by atoms with E-state index in [0.29, 0.717) is 53.0 Å². The molecular weight excluding hydrogens is 660 g/mol. The summed E-state index contributed by atoms with van der Waals surface area (Å²) in [5.41, 5.74) is 0.606. The summed E-state index contributed by atoms with van der Waals surface area (Å²) in [6, 6.07) is 14.0. The van der Waals surface area contributed by atoms with E-state index in [0.717, 1.165) is 6.07 Å². The molecule has 0 unspecified atom stereocenters. The molecule has 2 aromatic heterocycles. The van der Waals surface area contributed by atoms with Gasteiger partial charge in [-0.15, -0.1) is 0 Å². The fraction of sp³-hybridized carbons (Fsp3) is 0.250. The van der Waals surface area contributed by atoms with Gasteiger partial charge in [0.25, 0.3) is 17.4 Å². The number of halogens is 4. The molecular formula is C36H30F4N4O6. The summed E-state index contributed by atoms with van der Waals surface area (Å²) in [4.78, 5) is 32.9. The minimum absolute atomic E-state index is 0.0639. The van der Waals surface area contributed by atoms with Crippen LogP contribution in [0.15, 0.2) is 77.9 Å². The van der Waals surface area contributed by atoms with Crippen molar-refractivity contribution >= 4 is 22.5 Å². The molecule has 258 valence electrons. The van der Waals surface area contributed by atoms with Crippen LogP contribution in [0.5, 0.6) is 28.7 Å². The highest BCUT2D eigenvalue weighted by atomic mass is 19.3. The van der Waals surface area contributed by atoms with E-state index in [1.54, 1.807) is 29.3 Å². The van der Waals surface area contributed by atoms with Gasteiger partial charge in [-0.2, -0.15) is 0 Å². The van der Waals surface area contributed by atoms with Crippen LogP contribution >= 0.6 is 0 Å². The summed E-state index contributed by atoms with van der Waals surface area (Å²) in [5.74, 6) is -3.63. The third-order valence-corrected chi connectivity index (χ3v) is 8.37. The number of aromatic nitrogens is 2. The molecule has 0 radical (unpaired) electrons. The Bertz CT molecular complexity index is 2150. The second-order valence-corrected chi connectivity index (χ2v) is 11.9. The van der Waals surface area contributed by atoms with Crippen LogP contribution in [0.3, 0.4) is 0 Å². The zero-order chi connectivity index (χ0) is 35.0. The van der Waals surface area contributed by atoms with Crippen LogP contribution < -0.4 is 29.8 Å². The smallest absolute Gasteiger partial charge is 0.272 e. The minimum atomic E-state index is -2.62. The van der Waals surface area contributed by atoms with Crippen LogP contribution in [-0.4, -0.2) is 66.2 Å². The van der Waals surface area contributed by atoms with E-state index >= 15 is 4.39 Å². The van der Waals surface area contributed by atoms with Gasteiger partial charge in [0, 0.05) is 59.8 Å². The Morgan fingerprint density at radius 1 is 1.00 bits per heavy atom. The van der Waals surface area contributed by atoms with Crippen molar-refractivity contribution in [3.8, 4) is 34.4 Å². The lowest BCUT2D eigenvalue weighted by Gasteiger charge is -2.38. The number of ether oxygens (including phenoxy) is 4. The normalized spacial score (nSPS) is 14.8. The average Bonchev–Trinajstić information content (AvgIpc) is 3.55. The highest BCUT2D eigenvalue weighted by molar-refractivity contribution is 6.06. The Kier molecular flexibility index (Phi) is 8.78. The maximum absolute atomic E-state index is 15.4. The predicted octanol–water partition coefficient (Wildman–Crippen LogP) is 6.37. The van der Waals surface area contributed by atoms with E-state index < -0.39 is 29.0 Å². The molecule has 10 nitrogen and oxygen atoms in total. The number of benzene rings is 3. The van der Waals surface area contributed by atoms with Gasteiger partial charge in [0.15, 0.2) is 23.1 Å². The minimum Gasteiger partial charge on any atom is -0.493 e. The van der Waals surface area contributed by atoms with Crippen LogP contribution in [0.1, 0.15) is 22.3 Å². The van der Waals surface area contributed by atoms with Crippen LogP contribution in [0.2, 0.25) is 0 Å². The second kappa shape index (κ2) is 13.3. The first kappa shape index (κ1) is 32.9. The molecule has 14 heteroatoms. The molecule has 0 atom stereocenters. The molecule has 0 saturated carbocycles. The molecule has 2 aliphatic heterocycles. The van der Waals surface area contributed by atoms with E-state index in [2.05, 4.69) is 10.3 Å². The summed E-state index contributed by atoms with van der Waals surface area (Å²) in [6.07, 6.45) is 4.06. The third kappa shape index (κ3) is 6.66. The van der Waals surface area contributed by atoms with E-state index in [1.165, 1.54) is 54.3 Å². The SMILES string of the molecule is COc1cc2c(Oc3ccc(NC(=O)c4c5c(cn(-c6ccc(F)cc6)c4=O)CCO5)cc3F)ccnc2cc1OCCCN1CC(F)(F)C1. The predicted molar refractivity (Wildman–Crippen MR) is 175 cm³/mol. The van der Waals surface area contributed by atoms with Gasteiger partial charge < -0.3 is 24.3 Å². The van der Waals surface area contributed by atoms with Gasteiger partial charge in [-0.25, -0.2) is 17.6 Å². The molecule has 50 heavy (non-hydrogen) atoms. The summed E-state index contributed by atoms with van der Waals surface area (Å²) in [7, 11) is 1.47. The fourth-order valence-electron chi connectivity index (χ4n) is 5.95. The van der Waals surface area contributed by atoms with Crippen molar-refractivity contribution in [3.05, 3.63) is 106 Å². The number of anilines is 1. The van der Waals surface area contributed by atoms with E-state index in [4.69, 9.17) is 18.9 Å². The Hall–Kier alpha value is -5.63. The second-order valence-electron chi connectivity index (χ2n) is 11.9. The summed E-state index contributed by atoms with van der Waals surface area (Å²) >= 11 is 0. The van der Waals surface area contributed by atoms with Crippen molar-refractivity contribution in [1.29, 1.82) is 0 Å². The molecule has 3 aromatic carbocycles. The number of pyridine rings is 2. The van der Waals surface area contributed by atoms with Crippen LogP contribution in [0.4, 0.5) is 23.2 Å². The Balaban J connectivity index is 1.07. The zero-order valence-electron chi connectivity index (χ0n) is 26.7. The van der Waals surface area contributed by atoms with Crippen molar-refractivity contribution in [2.75, 3.05) is 45.3 Å². The molecule has 1 saturated heterocycles. The first-order valence-corrected chi connectivity index (χ1v) is 15.7. The molecule has 2 aliphatic rings. The van der Waals surface area contributed by atoms with Gasteiger partial charge in [0.1, 0.15) is 22.9 Å².